The summed E-state index contributed by atoms with van der Waals surface area (Å²) < 4.78 is 16.1. The van der Waals surface area contributed by atoms with Crippen LogP contribution in [-0.4, -0.2) is 34.2 Å². The molecule has 2 aromatic carbocycles. The summed E-state index contributed by atoms with van der Waals surface area (Å²) in [5.74, 6) is 1.27. The van der Waals surface area contributed by atoms with Crippen LogP contribution in [0.4, 0.5) is 5.69 Å². The minimum atomic E-state index is -0.262. The second-order valence-electron chi connectivity index (χ2n) is 7.01. The van der Waals surface area contributed by atoms with Crippen LogP contribution in [0.15, 0.2) is 48.2 Å². The van der Waals surface area contributed by atoms with E-state index in [1.165, 1.54) is 26.9 Å². The highest BCUT2D eigenvalue weighted by atomic mass is 16.5. The molecule has 1 aliphatic heterocycles. The molecule has 0 radical (unpaired) electrons. The summed E-state index contributed by atoms with van der Waals surface area (Å²) in [6, 6.07) is 11.6. The normalized spacial score (nSPS) is 16.2. The van der Waals surface area contributed by atoms with Crippen LogP contribution >= 0.6 is 0 Å². The zero-order valence-corrected chi connectivity index (χ0v) is 16.6. The Bertz CT molecular complexity index is 889. The maximum atomic E-state index is 13.1. The molecule has 0 unspecified atom stereocenters. The van der Waals surface area contributed by atoms with Gasteiger partial charge < -0.3 is 19.1 Å². The van der Waals surface area contributed by atoms with Crippen molar-refractivity contribution >= 4 is 11.5 Å². The molecule has 0 bridgehead atoms. The molecule has 0 aromatic heterocycles. The summed E-state index contributed by atoms with van der Waals surface area (Å²) in [5.41, 5.74) is 3.49. The van der Waals surface area contributed by atoms with Crippen molar-refractivity contribution in [2.75, 3.05) is 33.3 Å². The van der Waals surface area contributed by atoms with Crippen molar-refractivity contribution in [1.29, 1.82) is 0 Å². The van der Waals surface area contributed by atoms with E-state index in [1.54, 1.807) is 18.2 Å². The first kappa shape index (κ1) is 18.8. The van der Waals surface area contributed by atoms with Crippen molar-refractivity contribution in [2.24, 2.45) is 0 Å². The summed E-state index contributed by atoms with van der Waals surface area (Å²) in [7, 11) is 6.60. The average Bonchev–Trinajstić information content (AvgIpc) is 2.87. The van der Waals surface area contributed by atoms with Crippen LogP contribution in [0.2, 0.25) is 0 Å². The zero-order chi connectivity index (χ0) is 19.8. The number of carbonyl (C=O) groups is 1. The summed E-state index contributed by atoms with van der Waals surface area (Å²) >= 11 is 0. The van der Waals surface area contributed by atoms with Gasteiger partial charge in [0.1, 0.15) is 0 Å². The Morgan fingerprint density at radius 1 is 1.00 bits per heavy atom. The van der Waals surface area contributed by atoms with Crippen LogP contribution in [0, 0.1) is 0 Å². The molecule has 0 saturated carbocycles. The number of nitrogens with zero attached hydrogens (tertiary/aromatic N) is 1. The molecular formula is C22H25NO4. The van der Waals surface area contributed by atoms with E-state index in [1.807, 2.05) is 19.2 Å². The van der Waals surface area contributed by atoms with Crippen LogP contribution in [0.25, 0.3) is 0 Å². The highest BCUT2D eigenvalue weighted by molar-refractivity contribution is 6.06. The molecule has 2 aromatic rings. The van der Waals surface area contributed by atoms with Gasteiger partial charge in [-0.1, -0.05) is 32.0 Å². The van der Waals surface area contributed by atoms with Gasteiger partial charge in [-0.05, 0) is 23.8 Å². The minimum Gasteiger partial charge on any atom is -0.493 e. The number of benzene rings is 2. The van der Waals surface area contributed by atoms with Gasteiger partial charge in [0, 0.05) is 35.5 Å². The SMILES string of the molecule is COc1cc(C(=O)/C=C2/N(C)c3ccccc3C2(C)C)cc(OC)c1OC. The fourth-order valence-electron chi connectivity index (χ4n) is 3.69. The Balaban J connectivity index is 2.05. The lowest BCUT2D eigenvalue weighted by Crippen LogP contribution is -2.24. The third-order valence-corrected chi connectivity index (χ3v) is 5.16. The molecule has 5 nitrogen and oxygen atoms in total. The molecule has 0 aliphatic carbocycles. The van der Waals surface area contributed by atoms with E-state index in [4.69, 9.17) is 14.2 Å². The first-order chi connectivity index (χ1) is 12.8. The third-order valence-electron chi connectivity index (χ3n) is 5.16. The number of ketones is 1. The quantitative estimate of drug-likeness (QED) is 0.585. The van der Waals surface area contributed by atoms with Crippen molar-refractivity contribution in [3.8, 4) is 17.2 Å². The number of anilines is 1. The molecule has 27 heavy (non-hydrogen) atoms. The van der Waals surface area contributed by atoms with Crippen molar-refractivity contribution < 1.29 is 19.0 Å². The minimum absolute atomic E-state index is 0.114. The summed E-state index contributed by atoms with van der Waals surface area (Å²) in [6.45, 7) is 4.26. The van der Waals surface area contributed by atoms with Gasteiger partial charge in [0.25, 0.3) is 0 Å². The number of fused-ring (bicyclic) bond motifs is 1. The number of allylic oxidation sites excluding steroid dienone is 2. The van der Waals surface area contributed by atoms with Gasteiger partial charge in [0.15, 0.2) is 17.3 Å². The predicted octanol–water partition coefficient (Wildman–Crippen LogP) is 4.21. The Hall–Kier alpha value is -2.95. The molecule has 0 fully saturated rings. The van der Waals surface area contributed by atoms with Crippen LogP contribution in [-0.2, 0) is 5.41 Å². The summed E-state index contributed by atoms with van der Waals surface area (Å²) in [5, 5.41) is 0. The number of ether oxygens (including phenoxy) is 3. The highest BCUT2D eigenvalue weighted by Crippen LogP contribution is 2.47. The van der Waals surface area contributed by atoms with E-state index in [9.17, 15) is 4.79 Å². The van der Waals surface area contributed by atoms with Gasteiger partial charge in [-0.3, -0.25) is 4.79 Å². The smallest absolute Gasteiger partial charge is 0.203 e. The van der Waals surface area contributed by atoms with Gasteiger partial charge in [-0.25, -0.2) is 0 Å². The van der Waals surface area contributed by atoms with Crippen LogP contribution in [0.5, 0.6) is 17.2 Å². The molecule has 0 atom stereocenters. The summed E-state index contributed by atoms with van der Waals surface area (Å²) in [4.78, 5) is 15.1. The standard InChI is InChI=1S/C22H25NO4/c1-22(2)15-9-7-8-10-16(15)23(3)20(22)13-17(24)14-11-18(25-4)21(27-6)19(12-14)26-5/h7-13H,1-6H3/b20-13+. The van der Waals surface area contributed by atoms with Crippen LogP contribution in [0.3, 0.4) is 0 Å². The molecule has 5 heteroatoms. The van der Waals surface area contributed by atoms with Crippen LogP contribution in [0.1, 0.15) is 29.8 Å². The molecule has 0 amide bonds. The van der Waals surface area contributed by atoms with Crippen LogP contribution < -0.4 is 19.1 Å². The first-order valence-corrected chi connectivity index (χ1v) is 8.75. The number of hydrogen-bond donors (Lipinski definition) is 0. The number of methoxy groups -OCH3 is 3. The lowest BCUT2D eigenvalue weighted by Gasteiger charge is -2.24. The van der Waals surface area contributed by atoms with Gasteiger partial charge in [0.2, 0.25) is 5.75 Å². The van der Waals surface area contributed by atoms with Gasteiger partial charge >= 0.3 is 0 Å². The van der Waals surface area contributed by atoms with Crippen molar-refractivity contribution in [1.82, 2.24) is 0 Å². The Morgan fingerprint density at radius 3 is 2.11 bits per heavy atom. The predicted molar refractivity (Wildman–Crippen MR) is 106 cm³/mol. The fraction of sp³-hybridized carbons (Fsp3) is 0.318. The van der Waals surface area contributed by atoms with Crippen molar-refractivity contribution in [2.45, 2.75) is 19.3 Å². The lowest BCUT2D eigenvalue weighted by molar-refractivity contribution is 0.104. The maximum Gasteiger partial charge on any atom is 0.203 e. The molecular weight excluding hydrogens is 342 g/mol. The second-order valence-corrected chi connectivity index (χ2v) is 7.01. The molecule has 1 heterocycles. The van der Waals surface area contributed by atoms with Gasteiger partial charge in [-0.15, -0.1) is 0 Å². The number of rotatable bonds is 5. The molecule has 1 aliphatic rings. The highest BCUT2D eigenvalue weighted by Gasteiger charge is 2.38. The van der Waals surface area contributed by atoms with E-state index in [2.05, 4.69) is 30.9 Å². The number of carbonyl (C=O) groups excluding carboxylic acids is 1. The first-order valence-electron chi connectivity index (χ1n) is 8.75. The van der Waals surface area contributed by atoms with E-state index in [-0.39, 0.29) is 11.2 Å². The van der Waals surface area contributed by atoms with Crippen molar-refractivity contribution in [3.05, 3.63) is 59.3 Å². The Morgan fingerprint density at radius 2 is 1.59 bits per heavy atom. The average molecular weight is 367 g/mol. The van der Waals surface area contributed by atoms with E-state index < -0.39 is 0 Å². The largest absolute Gasteiger partial charge is 0.493 e. The molecule has 142 valence electrons. The third kappa shape index (κ3) is 3.03. The second kappa shape index (κ2) is 6.99. The molecule has 3 rings (SSSR count). The molecule has 0 spiro atoms. The fourth-order valence-corrected chi connectivity index (χ4v) is 3.69. The van der Waals surface area contributed by atoms with E-state index in [0.717, 1.165) is 11.4 Å². The molecule has 0 N–H and O–H groups in total. The topological polar surface area (TPSA) is 48.0 Å². The van der Waals surface area contributed by atoms with Gasteiger partial charge in [-0.2, -0.15) is 0 Å². The lowest BCUT2D eigenvalue weighted by atomic mass is 9.83. The zero-order valence-electron chi connectivity index (χ0n) is 16.6. The maximum absolute atomic E-state index is 13.1. The van der Waals surface area contributed by atoms with Crippen molar-refractivity contribution in [3.63, 3.8) is 0 Å². The Labute approximate surface area is 160 Å². The molecule has 0 saturated heterocycles. The Kier molecular flexibility index (Phi) is 4.87. The number of hydrogen-bond acceptors (Lipinski definition) is 5. The van der Waals surface area contributed by atoms with E-state index in [0.29, 0.717) is 22.8 Å². The monoisotopic (exact) mass is 367 g/mol. The number of para-hydroxylation sites is 1. The van der Waals surface area contributed by atoms with Gasteiger partial charge in [0.05, 0.1) is 21.3 Å². The van der Waals surface area contributed by atoms with E-state index >= 15 is 0 Å². The number of likely N-dealkylation sites (N-methyl/N-ethyl adjacent to an activating group) is 1. The summed E-state index contributed by atoms with van der Waals surface area (Å²) in [6.07, 6.45) is 1.70.